The molecule has 0 saturated carbocycles. The van der Waals surface area contributed by atoms with E-state index in [4.69, 9.17) is 0 Å². The summed E-state index contributed by atoms with van der Waals surface area (Å²) < 4.78 is 0.897. The first-order valence-corrected chi connectivity index (χ1v) is 7.75. The molecule has 1 aromatic heterocycles. The van der Waals surface area contributed by atoms with Crippen molar-refractivity contribution in [2.24, 2.45) is 0 Å². The maximum atomic E-state index is 12.1. The number of halogens is 1. The number of carbonyl (C=O) groups excluding carboxylic acids is 1. The first-order valence-electron chi connectivity index (χ1n) is 5.80. The van der Waals surface area contributed by atoms with Crippen molar-refractivity contribution in [2.45, 2.75) is 12.5 Å². The van der Waals surface area contributed by atoms with Gasteiger partial charge in [0.2, 0.25) is 0 Å². The zero-order valence-corrected chi connectivity index (χ0v) is 13.4. The Bertz CT molecular complexity index is 567. The highest BCUT2D eigenvalue weighted by Crippen LogP contribution is 2.24. The lowest BCUT2D eigenvalue weighted by molar-refractivity contribution is 0.0556. The maximum Gasteiger partial charge on any atom is 0.252 e. The monoisotopic (exact) mass is 387 g/mol. The molecule has 19 heavy (non-hydrogen) atoms. The molecule has 5 heteroatoms. The highest BCUT2D eigenvalue weighted by molar-refractivity contribution is 14.1. The van der Waals surface area contributed by atoms with Crippen LogP contribution in [0, 0.1) is 3.57 Å². The van der Waals surface area contributed by atoms with Gasteiger partial charge in [0.1, 0.15) is 5.60 Å². The summed E-state index contributed by atoms with van der Waals surface area (Å²) in [5.74, 6) is -0.165. The minimum atomic E-state index is -1.04. The lowest BCUT2D eigenvalue weighted by atomic mass is 10.1. The molecule has 1 amide bonds. The topological polar surface area (TPSA) is 49.3 Å². The third-order valence-electron chi connectivity index (χ3n) is 2.76. The number of carbonyl (C=O) groups is 1. The van der Waals surface area contributed by atoms with E-state index >= 15 is 0 Å². The zero-order valence-electron chi connectivity index (χ0n) is 10.4. The van der Waals surface area contributed by atoms with Crippen LogP contribution in [0.1, 0.15) is 22.2 Å². The molecule has 0 aliphatic carbocycles. The summed E-state index contributed by atoms with van der Waals surface area (Å²) in [7, 11) is 0. The Balaban J connectivity index is 2.03. The molecule has 2 N–H and O–H groups in total. The number of nitrogens with one attached hydrogen (secondary N) is 1. The molecule has 1 atom stereocenters. The molecule has 1 aromatic carbocycles. The number of benzene rings is 1. The van der Waals surface area contributed by atoms with E-state index in [9.17, 15) is 9.90 Å². The molecular formula is C14H14INO2S. The molecule has 100 valence electrons. The summed E-state index contributed by atoms with van der Waals surface area (Å²) in [6, 6.07) is 11.1. The van der Waals surface area contributed by atoms with Crippen LogP contribution in [0.3, 0.4) is 0 Å². The second kappa shape index (κ2) is 6.02. The molecule has 2 aromatic rings. The Morgan fingerprint density at radius 2 is 2.11 bits per heavy atom. The fraction of sp³-hybridized carbons (Fsp3) is 0.214. The van der Waals surface area contributed by atoms with Gasteiger partial charge in [-0.15, -0.1) is 11.3 Å². The van der Waals surface area contributed by atoms with Crippen molar-refractivity contribution in [2.75, 3.05) is 6.54 Å². The van der Waals surface area contributed by atoms with Gasteiger partial charge in [-0.2, -0.15) is 0 Å². The average molecular weight is 387 g/mol. The van der Waals surface area contributed by atoms with Crippen molar-refractivity contribution in [1.29, 1.82) is 0 Å². The standard InChI is InChI=1S/C14H14INO2S/c1-14(18,12-7-4-8-19-12)9-16-13(17)10-5-2-3-6-11(10)15/h2-8,18H,9H2,1H3,(H,16,17). The minimum absolute atomic E-state index is 0.165. The van der Waals surface area contributed by atoms with Gasteiger partial charge in [0.05, 0.1) is 12.1 Å². The van der Waals surface area contributed by atoms with Gasteiger partial charge in [0.25, 0.3) is 5.91 Å². The molecule has 0 fully saturated rings. The third-order valence-corrected chi connectivity index (χ3v) is 4.83. The van der Waals surface area contributed by atoms with Crippen LogP contribution in [0.2, 0.25) is 0 Å². The van der Waals surface area contributed by atoms with Crippen LogP contribution in [0.5, 0.6) is 0 Å². The molecule has 0 aliphatic rings. The van der Waals surface area contributed by atoms with Crippen molar-refractivity contribution in [3.63, 3.8) is 0 Å². The van der Waals surface area contributed by atoms with Gasteiger partial charge in [-0.3, -0.25) is 4.79 Å². The van der Waals surface area contributed by atoms with Crippen molar-refractivity contribution >= 4 is 39.8 Å². The van der Waals surface area contributed by atoms with Crippen LogP contribution in [-0.2, 0) is 5.60 Å². The third kappa shape index (κ3) is 3.55. The second-order valence-electron chi connectivity index (χ2n) is 4.41. The number of aliphatic hydroxyl groups is 1. The molecule has 1 unspecified atom stereocenters. The zero-order chi connectivity index (χ0) is 13.9. The minimum Gasteiger partial charge on any atom is -0.383 e. The molecule has 0 spiro atoms. The molecule has 0 radical (unpaired) electrons. The smallest absolute Gasteiger partial charge is 0.252 e. The molecule has 0 bridgehead atoms. The fourth-order valence-corrected chi connectivity index (χ4v) is 3.08. The fourth-order valence-electron chi connectivity index (χ4n) is 1.67. The molecule has 2 rings (SSSR count). The molecular weight excluding hydrogens is 373 g/mol. The lowest BCUT2D eigenvalue weighted by Gasteiger charge is -2.22. The average Bonchev–Trinajstić information content (AvgIpc) is 2.91. The van der Waals surface area contributed by atoms with Crippen molar-refractivity contribution in [1.82, 2.24) is 5.32 Å². The van der Waals surface area contributed by atoms with E-state index in [0.717, 1.165) is 8.45 Å². The summed E-state index contributed by atoms with van der Waals surface area (Å²) in [5.41, 5.74) is -0.408. The Morgan fingerprint density at radius 1 is 1.37 bits per heavy atom. The van der Waals surface area contributed by atoms with E-state index in [1.807, 2.05) is 35.7 Å². The van der Waals surface area contributed by atoms with E-state index in [1.54, 1.807) is 13.0 Å². The van der Waals surface area contributed by atoms with Gasteiger partial charge < -0.3 is 10.4 Å². The van der Waals surface area contributed by atoms with Gasteiger partial charge >= 0.3 is 0 Å². The quantitative estimate of drug-likeness (QED) is 0.793. The summed E-state index contributed by atoms with van der Waals surface area (Å²) in [6.07, 6.45) is 0. The van der Waals surface area contributed by atoms with Crippen LogP contribution in [0.15, 0.2) is 41.8 Å². The molecule has 1 heterocycles. The van der Waals surface area contributed by atoms with Crippen LogP contribution < -0.4 is 5.32 Å². The summed E-state index contributed by atoms with van der Waals surface area (Å²) in [5, 5.41) is 15.0. The van der Waals surface area contributed by atoms with Gasteiger partial charge in [-0.1, -0.05) is 18.2 Å². The number of hydrogen-bond acceptors (Lipinski definition) is 3. The van der Waals surface area contributed by atoms with Crippen LogP contribution in [0.4, 0.5) is 0 Å². The summed E-state index contributed by atoms with van der Waals surface area (Å²) >= 11 is 3.60. The Kier molecular flexibility index (Phi) is 4.59. The van der Waals surface area contributed by atoms with Gasteiger partial charge in [-0.05, 0) is 53.1 Å². The van der Waals surface area contributed by atoms with Crippen LogP contribution in [0.25, 0.3) is 0 Å². The number of rotatable bonds is 4. The van der Waals surface area contributed by atoms with Crippen LogP contribution >= 0.6 is 33.9 Å². The molecule has 3 nitrogen and oxygen atoms in total. The van der Waals surface area contributed by atoms with E-state index < -0.39 is 5.60 Å². The highest BCUT2D eigenvalue weighted by Gasteiger charge is 2.25. The maximum absolute atomic E-state index is 12.1. The van der Waals surface area contributed by atoms with Gasteiger partial charge in [0.15, 0.2) is 0 Å². The number of hydrogen-bond donors (Lipinski definition) is 2. The van der Waals surface area contributed by atoms with Crippen molar-refractivity contribution in [3.8, 4) is 0 Å². The number of amides is 1. The van der Waals surface area contributed by atoms with Crippen LogP contribution in [-0.4, -0.2) is 17.6 Å². The first kappa shape index (κ1) is 14.5. The lowest BCUT2D eigenvalue weighted by Crippen LogP contribution is -2.38. The van der Waals surface area contributed by atoms with Gasteiger partial charge in [-0.25, -0.2) is 0 Å². The van der Waals surface area contributed by atoms with E-state index in [2.05, 4.69) is 27.9 Å². The SMILES string of the molecule is CC(O)(CNC(=O)c1ccccc1I)c1cccs1. The Hall–Kier alpha value is -0.920. The first-order chi connectivity index (χ1) is 9.00. The molecule has 0 aliphatic heterocycles. The summed E-state index contributed by atoms with van der Waals surface area (Å²) in [6.45, 7) is 1.90. The number of thiophene rings is 1. The normalized spacial score (nSPS) is 13.8. The predicted molar refractivity (Wildman–Crippen MR) is 85.4 cm³/mol. The van der Waals surface area contributed by atoms with E-state index in [0.29, 0.717) is 5.56 Å². The Morgan fingerprint density at radius 3 is 2.74 bits per heavy atom. The van der Waals surface area contributed by atoms with E-state index in [-0.39, 0.29) is 12.5 Å². The predicted octanol–water partition coefficient (Wildman–Crippen LogP) is 2.99. The Labute approximate surface area is 129 Å². The van der Waals surface area contributed by atoms with Crippen molar-refractivity contribution < 1.29 is 9.90 Å². The van der Waals surface area contributed by atoms with Gasteiger partial charge in [0, 0.05) is 8.45 Å². The second-order valence-corrected chi connectivity index (χ2v) is 6.52. The molecule has 0 saturated heterocycles. The summed E-state index contributed by atoms with van der Waals surface area (Å²) in [4.78, 5) is 12.9. The largest absolute Gasteiger partial charge is 0.383 e. The highest BCUT2D eigenvalue weighted by atomic mass is 127. The van der Waals surface area contributed by atoms with E-state index in [1.165, 1.54) is 11.3 Å². The van der Waals surface area contributed by atoms with Crippen molar-refractivity contribution in [3.05, 3.63) is 55.8 Å².